The van der Waals surface area contributed by atoms with E-state index >= 15 is 0 Å². The van der Waals surface area contributed by atoms with Gasteiger partial charge >= 0.3 is 0 Å². The Bertz CT molecular complexity index is 681. The molecule has 3 rings (SSSR count). The molecular formula is C16H16N2. The van der Waals surface area contributed by atoms with E-state index in [9.17, 15) is 0 Å². The van der Waals surface area contributed by atoms with E-state index in [2.05, 4.69) is 60.0 Å². The fraction of sp³-hybridized carbons (Fsp3) is 0.188. The minimum atomic E-state index is 0.826. The van der Waals surface area contributed by atoms with Gasteiger partial charge in [-0.25, -0.2) is 0 Å². The Morgan fingerprint density at radius 2 is 1.78 bits per heavy atom. The molecule has 2 heteroatoms. The minimum Gasteiger partial charge on any atom is -0.260 e. The Morgan fingerprint density at radius 3 is 2.56 bits per heavy atom. The Labute approximate surface area is 107 Å². The number of benzene rings is 2. The van der Waals surface area contributed by atoms with E-state index in [1.807, 2.05) is 12.3 Å². The second-order valence-corrected chi connectivity index (χ2v) is 4.73. The van der Waals surface area contributed by atoms with E-state index < -0.39 is 0 Å². The first-order chi connectivity index (χ1) is 8.75. The number of nitrogens with zero attached hydrogens (tertiary/aromatic N) is 2. The quantitative estimate of drug-likeness (QED) is 0.663. The molecule has 3 aromatic rings. The van der Waals surface area contributed by atoms with E-state index in [0.717, 1.165) is 6.54 Å². The van der Waals surface area contributed by atoms with Gasteiger partial charge in [0.25, 0.3) is 0 Å². The molecule has 0 saturated carbocycles. The summed E-state index contributed by atoms with van der Waals surface area (Å²) in [4.78, 5) is 0. The SMILES string of the molecule is Cc1ccc2c(cnn2Cc2ccccc2)c1C. The summed E-state index contributed by atoms with van der Waals surface area (Å²) < 4.78 is 2.07. The van der Waals surface area contributed by atoms with Gasteiger partial charge in [-0.2, -0.15) is 5.10 Å². The van der Waals surface area contributed by atoms with Crippen LogP contribution in [0.4, 0.5) is 0 Å². The van der Waals surface area contributed by atoms with Crippen molar-refractivity contribution in [3.63, 3.8) is 0 Å². The van der Waals surface area contributed by atoms with E-state index in [-0.39, 0.29) is 0 Å². The number of rotatable bonds is 2. The first-order valence-electron chi connectivity index (χ1n) is 6.21. The maximum absolute atomic E-state index is 4.51. The monoisotopic (exact) mass is 236 g/mol. The highest BCUT2D eigenvalue weighted by molar-refractivity contribution is 5.83. The van der Waals surface area contributed by atoms with Gasteiger partial charge in [0.2, 0.25) is 0 Å². The Balaban J connectivity index is 2.06. The smallest absolute Gasteiger partial charge is 0.0689 e. The third-order valence-electron chi connectivity index (χ3n) is 3.54. The number of hydrogen-bond donors (Lipinski definition) is 0. The fourth-order valence-electron chi connectivity index (χ4n) is 2.28. The van der Waals surface area contributed by atoms with Gasteiger partial charge in [-0.15, -0.1) is 0 Å². The lowest BCUT2D eigenvalue weighted by molar-refractivity contribution is 0.712. The van der Waals surface area contributed by atoms with Gasteiger partial charge in [-0.3, -0.25) is 4.68 Å². The van der Waals surface area contributed by atoms with Crippen LogP contribution in [0.25, 0.3) is 10.9 Å². The maximum Gasteiger partial charge on any atom is 0.0689 e. The van der Waals surface area contributed by atoms with Gasteiger partial charge in [-0.05, 0) is 36.6 Å². The predicted molar refractivity (Wildman–Crippen MR) is 74.8 cm³/mol. The molecule has 0 amide bonds. The molecule has 2 nitrogen and oxygen atoms in total. The molecule has 0 radical (unpaired) electrons. The molecule has 0 unspecified atom stereocenters. The van der Waals surface area contributed by atoms with E-state index in [0.29, 0.717) is 0 Å². The van der Waals surface area contributed by atoms with Crippen molar-refractivity contribution in [3.8, 4) is 0 Å². The van der Waals surface area contributed by atoms with Gasteiger partial charge in [0.15, 0.2) is 0 Å². The highest BCUT2D eigenvalue weighted by Gasteiger charge is 2.06. The molecule has 18 heavy (non-hydrogen) atoms. The van der Waals surface area contributed by atoms with Crippen molar-refractivity contribution in [2.24, 2.45) is 0 Å². The van der Waals surface area contributed by atoms with Gasteiger partial charge in [0, 0.05) is 5.39 Å². The summed E-state index contributed by atoms with van der Waals surface area (Å²) in [6.07, 6.45) is 1.97. The van der Waals surface area contributed by atoms with Gasteiger partial charge in [-0.1, -0.05) is 36.4 Å². The summed E-state index contributed by atoms with van der Waals surface area (Å²) in [5.74, 6) is 0. The van der Waals surface area contributed by atoms with Gasteiger partial charge < -0.3 is 0 Å². The predicted octanol–water partition coefficient (Wildman–Crippen LogP) is 3.70. The van der Waals surface area contributed by atoms with Crippen molar-refractivity contribution < 1.29 is 0 Å². The zero-order chi connectivity index (χ0) is 12.5. The van der Waals surface area contributed by atoms with E-state index in [1.54, 1.807) is 0 Å². The molecule has 0 aliphatic carbocycles. The molecule has 0 spiro atoms. The van der Waals surface area contributed by atoms with Crippen molar-refractivity contribution in [2.75, 3.05) is 0 Å². The molecule has 0 atom stereocenters. The summed E-state index contributed by atoms with van der Waals surface area (Å²) in [6, 6.07) is 14.8. The van der Waals surface area contributed by atoms with Crippen molar-refractivity contribution in [2.45, 2.75) is 20.4 Å². The van der Waals surface area contributed by atoms with Crippen LogP contribution in [0.3, 0.4) is 0 Å². The first-order valence-corrected chi connectivity index (χ1v) is 6.21. The topological polar surface area (TPSA) is 17.8 Å². The Hall–Kier alpha value is -2.09. The zero-order valence-electron chi connectivity index (χ0n) is 10.7. The Morgan fingerprint density at radius 1 is 1.00 bits per heavy atom. The summed E-state index contributed by atoms with van der Waals surface area (Å²) >= 11 is 0. The third kappa shape index (κ3) is 1.80. The molecule has 0 N–H and O–H groups in total. The van der Waals surface area contributed by atoms with E-state index in [1.165, 1.54) is 27.6 Å². The lowest BCUT2D eigenvalue weighted by Gasteiger charge is -2.05. The molecule has 0 aliphatic rings. The van der Waals surface area contributed by atoms with Crippen LogP contribution in [-0.4, -0.2) is 9.78 Å². The van der Waals surface area contributed by atoms with E-state index in [4.69, 9.17) is 0 Å². The first kappa shape index (κ1) is 11.0. The minimum absolute atomic E-state index is 0.826. The van der Waals surface area contributed by atoms with Gasteiger partial charge in [0.05, 0.1) is 18.3 Å². The van der Waals surface area contributed by atoms with Crippen molar-refractivity contribution in [1.82, 2.24) is 9.78 Å². The molecule has 0 fully saturated rings. The standard InChI is InChI=1S/C16H16N2/c1-12-8-9-16-15(13(12)2)10-17-18(16)11-14-6-4-3-5-7-14/h3-10H,11H2,1-2H3. The number of aryl methyl sites for hydroxylation is 2. The fourth-order valence-corrected chi connectivity index (χ4v) is 2.28. The normalized spacial score (nSPS) is 11.0. The molecule has 2 aromatic carbocycles. The van der Waals surface area contributed by atoms with Gasteiger partial charge in [0.1, 0.15) is 0 Å². The molecule has 1 heterocycles. The lowest BCUT2D eigenvalue weighted by Crippen LogP contribution is -2.01. The Kier molecular flexibility index (Phi) is 2.63. The molecule has 90 valence electrons. The van der Waals surface area contributed by atoms with Crippen LogP contribution in [0.15, 0.2) is 48.7 Å². The lowest BCUT2D eigenvalue weighted by atomic mass is 10.1. The highest BCUT2D eigenvalue weighted by Crippen LogP contribution is 2.21. The van der Waals surface area contributed by atoms with Crippen LogP contribution >= 0.6 is 0 Å². The molecule has 0 saturated heterocycles. The van der Waals surface area contributed by atoms with Crippen LogP contribution in [-0.2, 0) is 6.54 Å². The van der Waals surface area contributed by atoms with Crippen molar-refractivity contribution in [3.05, 3.63) is 65.4 Å². The number of aromatic nitrogens is 2. The summed E-state index contributed by atoms with van der Waals surface area (Å²) in [5.41, 5.74) is 5.14. The number of hydrogen-bond acceptors (Lipinski definition) is 1. The average molecular weight is 236 g/mol. The van der Waals surface area contributed by atoms with Crippen molar-refractivity contribution >= 4 is 10.9 Å². The third-order valence-corrected chi connectivity index (χ3v) is 3.54. The molecule has 1 aromatic heterocycles. The summed E-state index contributed by atoms with van der Waals surface area (Å²) in [7, 11) is 0. The second kappa shape index (κ2) is 4.30. The average Bonchev–Trinajstić information content (AvgIpc) is 2.79. The van der Waals surface area contributed by atoms with Crippen LogP contribution in [0.5, 0.6) is 0 Å². The summed E-state index contributed by atoms with van der Waals surface area (Å²) in [6.45, 7) is 5.13. The van der Waals surface area contributed by atoms with Crippen LogP contribution in [0, 0.1) is 13.8 Å². The van der Waals surface area contributed by atoms with Crippen LogP contribution in [0.2, 0.25) is 0 Å². The molecular weight excluding hydrogens is 220 g/mol. The number of fused-ring (bicyclic) bond motifs is 1. The zero-order valence-corrected chi connectivity index (χ0v) is 10.7. The largest absolute Gasteiger partial charge is 0.260 e. The molecule has 0 aliphatic heterocycles. The van der Waals surface area contributed by atoms with Crippen molar-refractivity contribution in [1.29, 1.82) is 0 Å². The molecule has 0 bridgehead atoms. The van der Waals surface area contributed by atoms with Crippen LogP contribution in [0.1, 0.15) is 16.7 Å². The highest BCUT2D eigenvalue weighted by atomic mass is 15.3. The maximum atomic E-state index is 4.51. The summed E-state index contributed by atoms with van der Waals surface area (Å²) in [5, 5.41) is 5.76. The van der Waals surface area contributed by atoms with Crippen LogP contribution < -0.4 is 0 Å². The second-order valence-electron chi connectivity index (χ2n) is 4.73.